The van der Waals surface area contributed by atoms with Crippen LogP contribution in [0.5, 0.6) is 0 Å². The lowest BCUT2D eigenvalue weighted by Gasteiger charge is -2.31. The van der Waals surface area contributed by atoms with E-state index in [0.717, 1.165) is 6.66 Å². The predicted octanol–water partition coefficient (Wildman–Crippen LogP) is -3.59. The summed E-state index contributed by atoms with van der Waals surface area (Å²) in [5.74, 6) is 0. The van der Waals surface area contributed by atoms with E-state index in [1.54, 1.807) is 13.8 Å². The molecule has 662 valence electrons. The van der Waals surface area contributed by atoms with Crippen LogP contribution in [0.1, 0.15) is 0 Å². The Morgan fingerprint density at radius 2 is 0.581 bits per heavy atom. The van der Waals surface area contributed by atoms with E-state index < -0.39 is 237 Å². The smallest absolute Gasteiger partial charge is 0.498 e. The number of fused-ring (bicyclic) bond motifs is 1. The fourth-order valence-electron chi connectivity index (χ4n) is 12.1. The SMILES string of the molecule is [B][C@@H]1O[C@H](COC)C(OP(C)(=O)OC)[C@@H]1O.[B][C@@H]1O[C@H](COC)C(OP(C)(=O)OC[C@H]2O[C@@H]([B])[C@@H](O)C2OP(C)(=O)OC)[C@@H]1[O-].[B][C@@H]1O[C@H](COC)C2OP(C)(=[OH+])O[C@@H]21.[B][C@@H]1O[C@H](COP(C)(=O)OC2[C@@H](COC)O[C@@H]([B])[C@H]2O)C(OP(C)(=O)OC)[C@@H]1O.[B][C@@H]1O[C@H](CO[P+](C)(O)OC2[C@@H](COC)O[C@@H]([B])[C@H]2O)C(OP(C)(=O)OC)[C@@H]1O. The molecule has 9 heterocycles. The van der Waals surface area contributed by atoms with Crippen molar-refractivity contribution in [1.82, 2.24) is 0 Å². The summed E-state index contributed by atoms with van der Waals surface area (Å²) in [5.41, 5.74) is 0. The van der Waals surface area contributed by atoms with Crippen LogP contribution in [0.3, 0.4) is 0 Å². The van der Waals surface area contributed by atoms with Gasteiger partial charge in [-0.2, -0.15) is 13.9 Å². The largest absolute Gasteiger partial charge is 0.849 e. The molecule has 60 heteroatoms. The maximum absolute atomic E-state index is 12.8. The molecule has 0 aromatic rings. The average molecular weight is 1830 g/mol. The first-order valence-corrected chi connectivity index (χ1v) is 51.6. The number of methoxy groups -OCH3 is 5. The molecule has 0 spiro atoms. The fourth-order valence-corrected chi connectivity index (χ4v) is 20.2. The van der Waals surface area contributed by atoms with E-state index in [1.807, 2.05) is 0 Å². The second kappa shape index (κ2) is 47.6. The number of hydrogen-bond donors (Lipinski definition) is 7. The van der Waals surface area contributed by atoms with Crippen LogP contribution in [0.15, 0.2) is 0 Å². The number of hydrogen-bond acceptors (Lipinski definition) is 43. The van der Waals surface area contributed by atoms with Crippen LogP contribution in [0.2, 0.25) is 0 Å². The van der Waals surface area contributed by atoms with Crippen LogP contribution in [0.4, 0.5) is 0 Å². The monoisotopic (exact) mass is 1830 g/mol. The summed E-state index contributed by atoms with van der Waals surface area (Å²) in [7, 11) is 29.9. The van der Waals surface area contributed by atoms with Gasteiger partial charge in [0.25, 0.3) is 0 Å². The van der Waals surface area contributed by atoms with Crippen molar-refractivity contribution in [2.24, 2.45) is 0 Å². The molecular formula is C57H107B8O44P8+. The quantitative estimate of drug-likeness (QED) is 0.0180. The first kappa shape index (κ1) is 109. The van der Waals surface area contributed by atoms with Gasteiger partial charge in [-0.1, -0.05) is 6.10 Å². The minimum Gasteiger partial charge on any atom is -0.849 e. The molecule has 0 aromatic heterocycles. The second-order valence-corrected chi connectivity index (χ2v) is 44.4. The molecule has 9 aliphatic heterocycles. The molecule has 9 saturated heterocycles. The Morgan fingerprint density at radius 1 is 0.350 bits per heavy atom. The van der Waals surface area contributed by atoms with Gasteiger partial charge in [-0.3, -0.25) is 63.6 Å². The summed E-state index contributed by atoms with van der Waals surface area (Å²) >= 11 is 0. The van der Waals surface area contributed by atoms with Gasteiger partial charge in [-0.25, -0.2) is 0 Å². The number of rotatable bonds is 37. The third-order valence-corrected chi connectivity index (χ3v) is 28.3. The molecule has 0 saturated carbocycles. The Morgan fingerprint density at radius 3 is 0.889 bits per heavy atom. The van der Waals surface area contributed by atoms with Gasteiger partial charge in [-0.15, -0.1) is 0 Å². The zero-order chi connectivity index (χ0) is 88.6. The molecule has 0 bridgehead atoms. The summed E-state index contributed by atoms with van der Waals surface area (Å²) in [6.45, 7) is 9.86. The van der Waals surface area contributed by atoms with Crippen LogP contribution in [0, 0.1) is 0 Å². The van der Waals surface area contributed by atoms with Gasteiger partial charge in [0.05, 0.1) is 59.0 Å². The van der Waals surface area contributed by atoms with Gasteiger partial charge < -0.3 is 129 Å². The second-order valence-electron chi connectivity index (χ2n) is 27.8. The Kier molecular flexibility index (Phi) is 44.2. The molecule has 9 aliphatic rings. The van der Waals surface area contributed by atoms with Crippen molar-refractivity contribution in [3.05, 3.63) is 0 Å². The first-order valence-electron chi connectivity index (χ1n) is 35.6. The van der Waals surface area contributed by atoms with Gasteiger partial charge in [0.2, 0.25) is 0 Å². The predicted molar refractivity (Wildman–Crippen MR) is 415 cm³/mol. The Hall–Kier alpha value is 1.08. The summed E-state index contributed by atoms with van der Waals surface area (Å²) in [5, 5.41) is 72.5. The minimum atomic E-state index is -3.79. The van der Waals surface area contributed by atoms with E-state index in [1.165, 1.54) is 96.9 Å². The molecular weight excluding hydrogens is 1720 g/mol. The summed E-state index contributed by atoms with van der Waals surface area (Å²) in [6, 6.07) is -7.97. The highest BCUT2D eigenvalue weighted by Crippen LogP contribution is 2.59. The number of ether oxygens (including phenoxy) is 13. The standard InChI is InChI=1S/C14H27B2O11P2.C14H26B2O11P2.C14H25B2O11P2.C8H16BO6P.C7H12BO5P/c3*1-21-5-7-11(9(17)13(15)24-7)27-29(4,20)23-6-8-12(10(18)14(16)25-8)26-28(3,19)22-2;1-12-4-5-7(6(10)8(9)14-5)15-16(3,11)13-2;1-10-3-4-5-6(7(8)11-4)13-14(2,9)12-5/h7-14,17-18,20H,5-6H2,1-4H3;7-14,17-18H,5-6H2,1-4H3;7-14,18H,5-6H2,1-4H3;5-8,10H,4H2,1-3H3;4-7H,3H2,1-2H3/q+1;;-1;;/p+1/t3*7-,8-,9+,10+,11?,12?,13-,14-,28?,29?;5-,6+,7?,8-,16?;4-,5?,6+,7-,14?/m11111/s1. The normalized spacial score (nSPS) is 42.6. The van der Waals surface area contributed by atoms with Crippen LogP contribution < -0.4 is 5.11 Å². The highest BCUT2D eigenvalue weighted by atomic mass is 31.2. The first-order chi connectivity index (χ1) is 54.2. The van der Waals surface area contributed by atoms with E-state index in [0.29, 0.717) is 6.61 Å². The Bertz CT molecular complexity index is 3250. The van der Waals surface area contributed by atoms with E-state index in [2.05, 4.69) is 0 Å². The molecule has 9 rings (SSSR count). The van der Waals surface area contributed by atoms with Gasteiger partial charge in [-0.05, 0) is 0 Å². The molecule has 0 aliphatic carbocycles. The van der Waals surface area contributed by atoms with Crippen molar-refractivity contribution in [1.29, 1.82) is 0 Å². The van der Waals surface area contributed by atoms with E-state index >= 15 is 0 Å². The van der Waals surface area contributed by atoms with Crippen LogP contribution in [-0.2, 0) is 161 Å². The highest BCUT2D eigenvalue weighted by Gasteiger charge is 2.58. The molecule has 40 atom stereocenters. The van der Waals surface area contributed by atoms with Gasteiger partial charge in [0.1, 0.15) is 204 Å². The van der Waals surface area contributed by atoms with Crippen molar-refractivity contribution < 1.29 is 207 Å². The summed E-state index contributed by atoms with van der Waals surface area (Å²) in [6.07, 6.45) is -23.0. The highest BCUT2D eigenvalue weighted by molar-refractivity contribution is 7.59. The summed E-state index contributed by atoms with van der Waals surface area (Å²) in [4.78, 5) is 10.6. The molecule has 9 fully saturated rings. The molecule has 0 aromatic carbocycles. The minimum absolute atomic E-state index is 0.0165. The van der Waals surface area contributed by atoms with E-state index in [4.69, 9.17) is 197 Å². The van der Waals surface area contributed by atoms with Crippen molar-refractivity contribution in [2.75, 3.05) is 170 Å². The molecule has 44 nitrogen and oxygen atoms in total. The van der Waals surface area contributed by atoms with Crippen LogP contribution in [-0.4, -0.2) is 468 Å². The molecule has 16 unspecified atom stereocenters. The number of aliphatic hydroxyl groups is 6. The lowest BCUT2D eigenvalue weighted by atomic mass is 9.93. The average Bonchev–Trinajstić information content (AvgIpc) is 1.62. The third-order valence-electron chi connectivity index (χ3n) is 18.2. The molecule has 16 radical (unpaired) electrons. The maximum atomic E-state index is 12.8. The van der Waals surface area contributed by atoms with Crippen molar-refractivity contribution in [3.8, 4) is 0 Å². The lowest BCUT2D eigenvalue weighted by Crippen LogP contribution is -2.45. The topological polar surface area (TPSA) is 556 Å². The number of aliphatic hydroxyl groups excluding tert-OH is 6. The zero-order valence-electron chi connectivity index (χ0n) is 67.6. The van der Waals surface area contributed by atoms with E-state index in [-0.39, 0.29) is 64.6 Å². The summed E-state index contributed by atoms with van der Waals surface area (Å²) < 4.78 is 234. The molecule has 0 amide bonds. The van der Waals surface area contributed by atoms with Gasteiger partial charge in [0.15, 0.2) is 6.10 Å². The Labute approximate surface area is 692 Å². The fraction of sp³-hybridized carbons (Fsp3) is 1.00. The van der Waals surface area contributed by atoms with Gasteiger partial charge >= 0.3 is 61.1 Å². The van der Waals surface area contributed by atoms with Crippen molar-refractivity contribution in [3.63, 3.8) is 0 Å². The molecule has 117 heavy (non-hydrogen) atoms. The maximum Gasteiger partial charge on any atom is 0.498 e. The zero-order valence-corrected chi connectivity index (χ0v) is 74.8. The van der Waals surface area contributed by atoms with Crippen molar-refractivity contribution >= 4 is 124 Å². The third kappa shape index (κ3) is 32.3. The van der Waals surface area contributed by atoms with Crippen LogP contribution >= 0.6 is 61.1 Å². The van der Waals surface area contributed by atoms with Crippen LogP contribution in [0.25, 0.3) is 0 Å². The Balaban J connectivity index is 0.000000268. The lowest BCUT2D eigenvalue weighted by molar-refractivity contribution is -0.432. The van der Waals surface area contributed by atoms with E-state index in [9.17, 15) is 72.6 Å². The van der Waals surface area contributed by atoms with Crippen molar-refractivity contribution in [2.45, 2.75) is 195 Å². The van der Waals surface area contributed by atoms with Gasteiger partial charge in [0, 0.05) is 152 Å². The molecule has 8 N–H and O–H groups in total.